The summed E-state index contributed by atoms with van der Waals surface area (Å²) in [6.07, 6.45) is 1.81. The molecule has 1 aromatic carbocycles. The first-order valence-electron chi connectivity index (χ1n) is 8.47. The Balaban J connectivity index is 0.00000364. The third kappa shape index (κ3) is 5.79. The lowest BCUT2D eigenvalue weighted by Crippen LogP contribution is -2.47. The van der Waals surface area contributed by atoms with Crippen molar-refractivity contribution in [2.75, 3.05) is 47.5 Å². The van der Waals surface area contributed by atoms with E-state index in [0.29, 0.717) is 13.2 Å². The molecule has 1 aromatic rings. The number of piperidine rings is 1. The fourth-order valence-electron chi connectivity index (χ4n) is 3.14. The number of amides is 1. The summed E-state index contributed by atoms with van der Waals surface area (Å²) in [5.74, 6) is -0.140. The monoisotopic (exact) mass is 421 g/mol. The number of nitrogens with one attached hydrogen (secondary N) is 3. The van der Waals surface area contributed by atoms with E-state index in [4.69, 9.17) is 9.47 Å². The highest BCUT2D eigenvalue weighted by atomic mass is 35.5. The SMILES string of the molecule is CNS(=O)(=O)c1cc(C(=O)NCC2(COC)CCNCC2)ccc1OC.Cl. The van der Waals surface area contributed by atoms with Crippen molar-refractivity contribution in [3.63, 3.8) is 0 Å². The number of halogens is 1. The van der Waals surface area contributed by atoms with E-state index in [1.54, 1.807) is 13.2 Å². The average Bonchev–Trinajstić information content (AvgIpc) is 2.66. The van der Waals surface area contributed by atoms with Crippen molar-refractivity contribution in [3.05, 3.63) is 23.8 Å². The summed E-state index contributed by atoms with van der Waals surface area (Å²) in [6.45, 7) is 2.80. The van der Waals surface area contributed by atoms with Crippen LogP contribution in [-0.4, -0.2) is 61.8 Å². The summed E-state index contributed by atoms with van der Waals surface area (Å²) >= 11 is 0. The first-order valence-corrected chi connectivity index (χ1v) is 9.95. The van der Waals surface area contributed by atoms with E-state index in [-0.39, 0.29) is 39.9 Å². The van der Waals surface area contributed by atoms with E-state index in [9.17, 15) is 13.2 Å². The van der Waals surface area contributed by atoms with Crippen molar-refractivity contribution in [3.8, 4) is 5.75 Å². The summed E-state index contributed by atoms with van der Waals surface area (Å²) < 4.78 is 37.0. The smallest absolute Gasteiger partial charge is 0.251 e. The molecule has 154 valence electrons. The first kappa shape index (κ1) is 23.6. The van der Waals surface area contributed by atoms with Gasteiger partial charge in [0.15, 0.2) is 0 Å². The van der Waals surface area contributed by atoms with Gasteiger partial charge in [-0.2, -0.15) is 0 Å². The molecule has 1 amide bonds. The van der Waals surface area contributed by atoms with Crippen LogP contribution in [0.2, 0.25) is 0 Å². The van der Waals surface area contributed by atoms with Crippen LogP contribution in [-0.2, 0) is 14.8 Å². The maximum absolute atomic E-state index is 12.6. The van der Waals surface area contributed by atoms with Crippen LogP contribution in [0.25, 0.3) is 0 Å². The molecule has 0 unspecified atom stereocenters. The molecule has 0 atom stereocenters. The van der Waals surface area contributed by atoms with Crippen LogP contribution in [0.1, 0.15) is 23.2 Å². The van der Waals surface area contributed by atoms with Crippen molar-refractivity contribution in [2.24, 2.45) is 5.41 Å². The average molecular weight is 422 g/mol. The van der Waals surface area contributed by atoms with Gasteiger partial charge in [-0.05, 0) is 51.2 Å². The van der Waals surface area contributed by atoms with Crippen LogP contribution < -0.4 is 20.1 Å². The molecule has 1 fully saturated rings. The minimum Gasteiger partial charge on any atom is -0.495 e. The zero-order chi connectivity index (χ0) is 19.2. The first-order chi connectivity index (χ1) is 12.4. The van der Waals surface area contributed by atoms with Crippen molar-refractivity contribution in [2.45, 2.75) is 17.7 Å². The highest BCUT2D eigenvalue weighted by Gasteiger charge is 2.32. The van der Waals surface area contributed by atoms with Crippen molar-refractivity contribution >= 4 is 28.3 Å². The number of carbonyl (C=O) groups excluding carboxylic acids is 1. The predicted octanol–water partition coefficient (Wildman–Crippen LogP) is 0.771. The lowest BCUT2D eigenvalue weighted by atomic mass is 9.79. The Morgan fingerprint density at radius 3 is 2.48 bits per heavy atom. The molecule has 0 aromatic heterocycles. The number of ether oxygens (including phenoxy) is 2. The van der Waals surface area contributed by atoms with Crippen LogP contribution in [0.4, 0.5) is 0 Å². The van der Waals surface area contributed by atoms with Gasteiger partial charge in [-0.1, -0.05) is 0 Å². The Morgan fingerprint density at radius 2 is 1.93 bits per heavy atom. The van der Waals surface area contributed by atoms with E-state index in [2.05, 4.69) is 15.4 Å². The molecule has 1 aliphatic rings. The van der Waals surface area contributed by atoms with Gasteiger partial charge in [0.2, 0.25) is 10.0 Å². The molecule has 0 radical (unpaired) electrons. The minimum atomic E-state index is -3.74. The van der Waals surface area contributed by atoms with E-state index in [1.165, 1.54) is 26.3 Å². The van der Waals surface area contributed by atoms with Crippen molar-refractivity contribution in [1.82, 2.24) is 15.4 Å². The fourth-order valence-corrected chi connectivity index (χ4v) is 4.06. The summed E-state index contributed by atoms with van der Waals surface area (Å²) in [5, 5.41) is 6.23. The maximum atomic E-state index is 12.6. The largest absolute Gasteiger partial charge is 0.495 e. The number of hydrogen-bond donors (Lipinski definition) is 3. The van der Waals surface area contributed by atoms with E-state index >= 15 is 0 Å². The fraction of sp³-hybridized carbons (Fsp3) is 0.588. The molecule has 8 nitrogen and oxygen atoms in total. The molecular weight excluding hydrogens is 394 g/mol. The zero-order valence-electron chi connectivity index (χ0n) is 15.8. The molecule has 0 spiro atoms. The Labute approximate surface area is 166 Å². The molecule has 2 rings (SSSR count). The van der Waals surface area contributed by atoms with Gasteiger partial charge in [0, 0.05) is 24.6 Å². The van der Waals surface area contributed by atoms with Crippen LogP contribution in [0.3, 0.4) is 0 Å². The molecule has 27 heavy (non-hydrogen) atoms. The van der Waals surface area contributed by atoms with Gasteiger partial charge in [-0.3, -0.25) is 4.79 Å². The number of rotatable bonds is 8. The van der Waals surface area contributed by atoms with Crippen LogP contribution >= 0.6 is 12.4 Å². The Morgan fingerprint density at radius 1 is 1.26 bits per heavy atom. The second-order valence-corrected chi connectivity index (χ2v) is 8.29. The molecular formula is C17H28ClN3O5S. The lowest BCUT2D eigenvalue weighted by molar-refractivity contribution is 0.0511. The molecule has 0 saturated carbocycles. The second kappa shape index (κ2) is 10.2. The summed E-state index contributed by atoms with van der Waals surface area (Å²) in [4.78, 5) is 12.5. The third-order valence-electron chi connectivity index (χ3n) is 4.72. The predicted molar refractivity (Wildman–Crippen MR) is 105 cm³/mol. The van der Waals surface area contributed by atoms with Crippen LogP contribution in [0.5, 0.6) is 5.75 Å². The number of carbonyl (C=O) groups is 1. The standard InChI is InChI=1S/C17H27N3O5S.ClH/c1-18-26(22,23)15-10-13(4-5-14(15)25-3)16(21)20-11-17(12-24-2)6-8-19-9-7-17;/h4-5,10,18-19H,6-9,11-12H2,1-3H3,(H,20,21);1H. The molecule has 1 saturated heterocycles. The summed E-state index contributed by atoms with van der Waals surface area (Å²) in [6, 6.07) is 4.36. The number of sulfonamides is 1. The Bertz CT molecular complexity index is 731. The number of benzene rings is 1. The molecule has 3 N–H and O–H groups in total. The molecule has 0 bridgehead atoms. The van der Waals surface area contributed by atoms with Crippen molar-refractivity contribution in [1.29, 1.82) is 0 Å². The lowest BCUT2D eigenvalue weighted by Gasteiger charge is -2.37. The molecule has 1 aliphatic heterocycles. The summed E-state index contributed by atoms with van der Waals surface area (Å²) in [5.41, 5.74) is 0.156. The minimum absolute atomic E-state index is 0. The highest BCUT2D eigenvalue weighted by molar-refractivity contribution is 7.89. The highest BCUT2D eigenvalue weighted by Crippen LogP contribution is 2.29. The van der Waals surface area contributed by atoms with Gasteiger partial charge in [-0.25, -0.2) is 13.1 Å². The van der Waals surface area contributed by atoms with Crippen LogP contribution in [0.15, 0.2) is 23.1 Å². The van der Waals surface area contributed by atoms with Crippen molar-refractivity contribution < 1.29 is 22.7 Å². The van der Waals surface area contributed by atoms with E-state index in [0.717, 1.165) is 25.9 Å². The normalized spacial score (nSPS) is 16.3. The van der Waals surface area contributed by atoms with Crippen LogP contribution in [0, 0.1) is 5.41 Å². The number of methoxy groups -OCH3 is 2. The molecule has 1 heterocycles. The van der Waals surface area contributed by atoms with Gasteiger partial charge in [0.25, 0.3) is 5.91 Å². The second-order valence-electron chi connectivity index (χ2n) is 6.44. The Hall–Kier alpha value is -1.39. The maximum Gasteiger partial charge on any atom is 0.251 e. The van der Waals surface area contributed by atoms with Gasteiger partial charge >= 0.3 is 0 Å². The van der Waals surface area contributed by atoms with Gasteiger partial charge in [-0.15, -0.1) is 12.4 Å². The van der Waals surface area contributed by atoms with E-state index in [1.807, 2.05) is 0 Å². The summed E-state index contributed by atoms with van der Waals surface area (Å²) in [7, 11) is 0.617. The van der Waals surface area contributed by atoms with Gasteiger partial charge < -0.3 is 20.1 Å². The molecule has 10 heteroatoms. The Kier molecular flexibility index (Phi) is 8.97. The quantitative estimate of drug-likeness (QED) is 0.572. The third-order valence-corrected chi connectivity index (χ3v) is 6.16. The van der Waals surface area contributed by atoms with Gasteiger partial charge in [0.05, 0.1) is 13.7 Å². The topological polar surface area (TPSA) is 106 Å². The van der Waals surface area contributed by atoms with E-state index < -0.39 is 10.0 Å². The number of hydrogen-bond acceptors (Lipinski definition) is 6. The van der Waals surface area contributed by atoms with Gasteiger partial charge in [0.1, 0.15) is 10.6 Å². The zero-order valence-corrected chi connectivity index (χ0v) is 17.5. The molecule has 0 aliphatic carbocycles.